The molecule has 1 heterocycles. The number of imidazole rings is 1. The molecule has 38 heavy (non-hydrogen) atoms. The van der Waals surface area contributed by atoms with E-state index in [4.69, 9.17) is 47.0 Å². The molecule has 0 amide bonds. The third-order valence-electron chi connectivity index (χ3n) is 6.04. The van der Waals surface area contributed by atoms with Gasteiger partial charge >= 0.3 is 0 Å². The Labute approximate surface area is 241 Å². The van der Waals surface area contributed by atoms with Crippen molar-refractivity contribution in [2.45, 2.75) is 26.4 Å². The maximum atomic E-state index is 11.0. The Kier molecular flexibility index (Phi) is 9.22. The van der Waals surface area contributed by atoms with Gasteiger partial charge in [0.15, 0.2) is 5.11 Å². The van der Waals surface area contributed by atoms with Crippen molar-refractivity contribution in [2.24, 2.45) is 0 Å². The van der Waals surface area contributed by atoms with Crippen molar-refractivity contribution in [3.63, 3.8) is 0 Å². The number of halogens is 3. The first-order valence-electron chi connectivity index (χ1n) is 11.7. The summed E-state index contributed by atoms with van der Waals surface area (Å²) in [6.07, 6.45) is 4.20. The molecule has 0 aliphatic carbocycles. The van der Waals surface area contributed by atoms with Gasteiger partial charge in [-0.3, -0.25) is 10.1 Å². The van der Waals surface area contributed by atoms with Gasteiger partial charge in [0.05, 0.1) is 21.3 Å². The van der Waals surface area contributed by atoms with Gasteiger partial charge in [0.1, 0.15) is 0 Å². The summed E-state index contributed by atoms with van der Waals surface area (Å²) in [6, 6.07) is 17.7. The summed E-state index contributed by atoms with van der Waals surface area (Å²) in [5.74, 6) is 0. The molecule has 7 nitrogen and oxygen atoms in total. The molecule has 0 bridgehead atoms. The molecule has 4 aromatic rings. The SMILES string of the molecule is Cc1ccc(NC(=S)N(CCc2cncn2Cc2ccc([N+](=O)[O-])cc2)Cc2cccc(Cl)c2Cl)cc1Cl. The fourth-order valence-electron chi connectivity index (χ4n) is 3.87. The van der Waals surface area contributed by atoms with Crippen molar-refractivity contribution in [1.29, 1.82) is 0 Å². The molecular formula is C27H24Cl3N5O2S. The number of nitro groups is 1. The molecular weight excluding hydrogens is 565 g/mol. The first kappa shape index (κ1) is 27.9. The molecule has 0 unspecified atom stereocenters. The lowest BCUT2D eigenvalue weighted by Crippen LogP contribution is -2.36. The lowest BCUT2D eigenvalue weighted by Gasteiger charge is -2.27. The van der Waals surface area contributed by atoms with Crippen molar-refractivity contribution in [2.75, 3.05) is 11.9 Å². The zero-order valence-electron chi connectivity index (χ0n) is 20.4. The quantitative estimate of drug-likeness (QED) is 0.124. The van der Waals surface area contributed by atoms with E-state index in [1.54, 1.807) is 24.5 Å². The molecule has 3 aromatic carbocycles. The first-order chi connectivity index (χ1) is 18.2. The van der Waals surface area contributed by atoms with E-state index in [2.05, 4.69) is 10.3 Å². The number of nitrogens with zero attached hydrogens (tertiary/aromatic N) is 4. The van der Waals surface area contributed by atoms with Crippen molar-refractivity contribution in [3.05, 3.63) is 121 Å². The average molecular weight is 589 g/mol. The number of hydrogen-bond acceptors (Lipinski definition) is 4. The van der Waals surface area contributed by atoms with Crippen LogP contribution in [-0.2, 0) is 19.5 Å². The Morgan fingerprint density at radius 2 is 1.87 bits per heavy atom. The van der Waals surface area contributed by atoms with E-state index in [0.717, 1.165) is 28.1 Å². The molecule has 1 N–H and O–H groups in total. The fraction of sp³-hybridized carbons (Fsp3) is 0.185. The zero-order valence-corrected chi connectivity index (χ0v) is 23.5. The van der Waals surface area contributed by atoms with Crippen molar-refractivity contribution in [3.8, 4) is 0 Å². The molecule has 0 saturated carbocycles. The molecule has 0 saturated heterocycles. The summed E-state index contributed by atoms with van der Waals surface area (Å²) in [5, 5.41) is 16.4. The number of nitrogens with one attached hydrogen (secondary N) is 1. The number of aryl methyl sites for hydroxylation is 1. The molecule has 4 rings (SSSR count). The average Bonchev–Trinajstić information content (AvgIpc) is 3.33. The van der Waals surface area contributed by atoms with Crippen molar-refractivity contribution < 1.29 is 4.92 Å². The van der Waals surface area contributed by atoms with Gasteiger partial charge in [-0.15, -0.1) is 0 Å². The van der Waals surface area contributed by atoms with E-state index in [1.807, 2.05) is 52.9 Å². The van der Waals surface area contributed by atoms with Crippen molar-refractivity contribution in [1.82, 2.24) is 14.5 Å². The predicted octanol–water partition coefficient (Wildman–Crippen LogP) is 7.55. The third-order valence-corrected chi connectivity index (χ3v) is 7.67. The topological polar surface area (TPSA) is 76.2 Å². The second-order valence-electron chi connectivity index (χ2n) is 8.72. The summed E-state index contributed by atoms with van der Waals surface area (Å²) in [7, 11) is 0. The maximum absolute atomic E-state index is 11.0. The summed E-state index contributed by atoms with van der Waals surface area (Å²) >= 11 is 24.9. The summed E-state index contributed by atoms with van der Waals surface area (Å²) < 4.78 is 2.02. The summed E-state index contributed by atoms with van der Waals surface area (Å²) in [6.45, 7) is 3.50. The minimum Gasteiger partial charge on any atom is -0.344 e. The highest BCUT2D eigenvalue weighted by Crippen LogP contribution is 2.27. The molecule has 196 valence electrons. The highest BCUT2D eigenvalue weighted by atomic mass is 35.5. The van der Waals surface area contributed by atoms with Crippen molar-refractivity contribution >= 4 is 63.5 Å². The van der Waals surface area contributed by atoms with Gasteiger partial charge in [-0.2, -0.15) is 0 Å². The number of aromatic nitrogens is 2. The number of non-ortho nitro benzene ring substituents is 1. The molecule has 0 fully saturated rings. The van der Waals surface area contributed by atoms with Crippen LogP contribution in [0.25, 0.3) is 0 Å². The number of rotatable bonds is 9. The molecule has 0 spiro atoms. The van der Waals surface area contributed by atoms with E-state index in [-0.39, 0.29) is 5.69 Å². The van der Waals surface area contributed by atoms with Gasteiger partial charge in [0.25, 0.3) is 5.69 Å². The minimum absolute atomic E-state index is 0.0609. The third kappa shape index (κ3) is 7.02. The van der Waals surface area contributed by atoms with Gasteiger partial charge in [-0.05, 0) is 54.0 Å². The zero-order chi connectivity index (χ0) is 27.2. The van der Waals surface area contributed by atoms with E-state index in [0.29, 0.717) is 46.2 Å². The Balaban J connectivity index is 1.51. The number of thiocarbonyl (C=S) groups is 1. The highest BCUT2D eigenvalue weighted by Gasteiger charge is 2.16. The normalized spacial score (nSPS) is 10.8. The summed E-state index contributed by atoms with van der Waals surface area (Å²) in [4.78, 5) is 16.9. The summed E-state index contributed by atoms with van der Waals surface area (Å²) in [5.41, 5.74) is 4.61. The lowest BCUT2D eigenvalue weighted by molar-refractivity contribution is -0.384. The van der Waals surface area contributed by atoms with Crippen LogP contribution in [0.5, 0.6) is 0 Å². The standard InChI is InChI=1S/C27H24Cl3N5O2S/c1-18-5-8-21(13-25(18)29)32-27(38)33(16-20-3-2-4-24(28)26(20)30)12-11-23-14-31-17-34(23)15-19-6-9-22(10-7-19)35(36)37/h2-10,13-14,17H,11-12,15-16H2,1H3,(H,32,38). The second kappa shape index (κ2) is 12.6. The number of nitro benzene ring substituents is 1. The molecule has 0 radical (unpaired) electrons. The van der Waals surface area contributed by atoms with Gasteiger partial charge in [-0.25, -0.2) is 4.98 Å². The number of anilines is 1. The van der Waals surface area contributed by atoms with Crippen LogP contribution in [0.2, 0.25) is 15.1 Å². The van der Waals surface area contributed by atoms with Crippen LogP contribution in [0, 0.1) is 17.0 Å². The van der Waals surface area contributed by atoms with Gasteiger partial charge in [-0.1, -0.05) is 65.1 Å². The van der Waals surface area contributed by atoms with Crippen LogP contribution in [0.15, 0.2) is 73.2 Å². The minimum atomic E-state index is -0.408. The number of benzene rings is 3. The van der Waals surface area contributed by atoms with Crippen LogP contribution < -0.4 is 5.32 Å². The van der Waals surface area contributed by atoms with E-state index >= 15 is 0 Å². The van der Waals surface area contributed by atoms with E-state index in [1.165, 1.54) is 12.1 Å². The monoisotopic (exact) mass is 587 g/mol. The van der Waals surface area contributed by atoms with Crippen LogP contribution in [-0.4, -0.2) is 31.0 Å². The largest absolute Gasteiger partial charge is 0.344 e. The lowest BCUT2D eigenvalue weighted by atomic mass is 10.2. The molecule has 0 atom stereocenters. The van der Waals surface area contributed by atoms with Gasteiger partial charge in [0, 0.05) is 60.8 Å². The smallest absolute Gasteiger partial charge is 0.269 e. The second-order valence-corrected chi connectivity index (χ2v) is 10.3. The van der Waals surface area contributed by atoms with Crippen LogP contribution >= 0.6 is 47.0 Å². The van der Waals surface area contributed by atoms with Crippen LogP contribution in [0.4, 0.5) is 11.4 Å². The maximum Gasteiger partial charge on any atom is 0.269 e. The van der Waals surface area contributed by atoms with Gasteiger partial charge < -0.3 is 14.8 Å². The highest BCUT2D eigenvalue weighted by molar-refractivity contribution is 7.80. The van der Waals surface area contributed by atoms with E-state index < -0.39 is 4.92 Å². The Morgan fingerprint density at radius 3 is 2.58 bits per heavy atom. The van der Waals surface area contributed by atoms with Crippen LogP contribution in [0.3, 0.4) is 0 Å². The predicted molar refractivity (Wildman–Crippen MR) is 157 cm³/mol. The molecule has 0 aliphatic rings. The van der Waals surface area contributed by atoms with Crippen LogP contribution in [0.1, 0.15) is 22.4 Å². The first-order valence-corrected chi connectivity index (χ1v) is 13.2. The Hall–Kier alpha value is -3.17. The fourth-order valence-corrected chi connectivity index (χ4v) is 4.70. The van der Waals surface area contributed by atoms with Gasteiger partial charge in [0.2, 0.25) is 0 Å². The Bertz CT molecular complexity index is 1460. The molecule has 1 aromatic heterocycles. The van der Waals surface area contributed by atoms with E-state index in [9.17, 15) is 10.1 Å². The molecule has 11 heteroatoms. The Morgan fingerprint density at radius 1 is 1.11 bits per heavy atom. The molecule has 0 aliphatic heterocycles. The number of hydrogen-bond donors (Lipinski definition) is 1.